The van der Waals surface area contributed by atoms with E-state index < -0.39 is 17.2 Å². The van der Waals surface area contributed by atoms with E-state index in [9.17, 15) is 14.0 Å². The van der Waals surface area contributed by atoms with Crippen molar-refractivity contribution in [3.05, 3.63) is 35.6 Å². The van der Waals surface area contributed by atoms with Crippen LogP contribution in [0.5, 0.6) is 0 Å². The molecule has 0 radical (unpaired) electrons. The Balaban J connectivity index is 2.57. The summed E-state index contributed by atoms with van der Waals surface area (Å²) in [5.41, 5.74) is -0.861. The molecule has 1 aromatic rings. The van der Waals surface area contributed by atoms with Gasteiger partial charge in [-0.3, -0.25) is 9.59 Å². The predicted octanol–water partition coefficient (Wildman–Crippen LogP) is 1.23. The highest BCUT2D eigenvalue weighted by atomic mass is 19.1. The van der Waals surface area contributed by atoms with Crippen molar-refractivity contribution in [3.8, 4) is 0 Å². The molecule has 116 valence electrons. The zero-order valence-corrected chi connectivity index (χ0v) is 12.5. The number of benzene rings is 1. The topological polar surface area (TPSA) is 67.4 Å². The van der Waals surface area contributed by atoms with Gasteiger partial charge in [-0.05, 0) is 19.9 Å². The maximum absolute atomic E-state index is 13.5. The number of halogens is 1. The maximum atomic E-state index is 13.5. The Labute approximate surface area is 123 Å². The van der Waals surface area contributed by atoms with Crippen molar-refractivity contribution < 1.29 is 18.7 Å². The van der Waals surface area contributed by atoms with E-state index in [-0.39, 0.29) is 12.4 Å². The highest BCUT2D eigenvalue weighted by molar-refractivity contribution is 6.04. The van der Waals surface area contributed by atoms with Crippen LogP contribution in [0, 0.1) is 11.2 Å². The predicted molar refractivity (Wildman–Crippen MR) is 76.9 cm³/mol. The number of methoxy groups -OCH3 is 1. The van der Waals surface area contributed by atoms with Gasteiger partial charge in [-0.2, -0.15) is 0 Å². The summed E-state index contributed by atoms with van der Waals surface area (Å²) in [5.74, 6) is -1.24. The zero-order chi connectivity index (χ0) is 15.9. The average Bonchev–Trinajstić information content (AvgIpc) is 2.46. The van der Waals surface area contributed by atoms with Crippen LogP contribution >= 0.6 is 0 Å². The fourth-order valence-electron chi connectivity index (χ4n) is 1.63. The fourth-order valence-corrected chi connectivity index (χ4v) is 1.63. The number of amides is 2. The summed E-state index contributed by atoms with van der Waals surface area (Å²) >= 11 is 0. The van der Waals surface area contributed by atoms with Gasteiger partial charge in [0.05, 0.1) is 6.61 Å². The van der Waals surface area contributed by atoms with Crippen LogP contribution in [-0.4, -0.2) is 32.1 Å². The molecule has 0 bridgehead atoms. The van der Waals surface area contributed by atoms with Crippen molar-refractivity contribution in [2.24, 2.45) is 5.41 Å². The van der Waals surface area contributed by atoms with Crippen molar-refractivity contribution in [1.29, 1.82) is 0 Å². The Morgan fingerprint density at radius 2 is 1.81 bits per heavy atom. The molecule has 0 heterocycles. The van der Waals surface area contributed by atoms with Crippen molar-refractivity contribution in [1.82, 2.24) is 10.6 Å². The van der Waals surface area contributed by atoms with Gasteiger partial charge in [0.25, 0.3) is 0 Å². The number of nitrogens with one attached hydrogen (secondary N) is 2. The second-order valence-electron chi connectivity index (χ2n) is 5.15. The Morgan fingerprint density at radius 3 is 2.43 bits per heavy atom. The summed E-state index contributed by atoms with van der Waals surface area (Å²) in [7, 11) is 1.53. The lowest BCUT2D eigenvalue weighted by Gasteiger charge is -2.22. The van der Waals surface area contributed by atoms with Gasteiger partial charge >= 0.3 is 0 Å². The number of hydrogen-bond donors (Lipinski definition) is 2. The fraction of sp³-hybridized carbons (Fsp3) is 0.467. The van der Waals surface area contributed by atoms with Gasteiger partial charge < -0.3 is 15.4 Å². The van der Waals surface area contributed by atoms with Crippen LogP contribution in [0.4, 0.5) is 4.39 Å². The number of hydrogen-bond acceptors (Lipinski definition) is 3. The summed E-state index contributed by atoms with van der Waals surface area (Å²) in [6.45, 7) is 3.79. The average molecular weight is 296 g/mol. The first-order chi connectivity index (χ1) is 9.89. The zero-order valence-electron chi connectivity index (χ0n) is 12.5. The molecule has 0 aliphatic rings. The van der Waals surface area contributed by atoms with Gasteiger partial charge in [0.15, 0.2) is 0 Å². The molecule has 2 amide bonds. The minimum absolute atomic E-state index is 0.0420. The maximum Gasteiger partial charge on any atom is 0.235 e. The van der Waals surface area contributed by atoms with Gasteiger partial charge in [0.1, 0.15) is 11.2 Å². The Bertz CT molecular complexity index is 503. The van der Waals surface area contributed by atoms with E-state index in [1.165, 1.54) is 27.0 Å². The van der Waals surface area contributed by atoms with E-state index in [0.29, 0.717) is 18.7 Å². The summed E-state index contributed by atoms with van der Waals surface area (Å²) in [6.07, 6.45) is 0. The highest BCUT2D eigenvalue weighted by Crippen LogP contribution is 2.16. The van der Waals surface area contributed by atoms with Crippen LogP contribution in [0.3, 0.4) is 0 Å². The molecular weight excluding hydrogens is 275 g/mol. The molecule has 0 aromatic heterocycles. The minimum Gasteiger partial charge on any atom is -0.383 e. The monoisotopic (exact) mass is 296 g/mol. The molecule has 2 N–H and O–H groups in total. The number of ether oxygens (including phenoxy) is 1. The quantitative estimate of drug-likeness (QED) is 0.587. The Hall–Kier alpha value is -1.95. The number of carbonyl (C=O) groups is 2. The van der Waals surface area contributed by atoms with Crippen LogP contribution in [0.1, 0.15) is 19.4 Å². The molecule has 0 spiro atoms. The van der Waals surface area contributed by atoms with Gasteiger partial charge in [-0.25, -0.2) is 4.39 Å². The smallest absolute Gasteiger partial charge is 0.235 e. The van der Waals surface area contributed by atoms with Gasteiger partial charge in [0.2, 0.25) is 11.8 Å². The standard InChI is InChI=1S/C15H21FN2O3/c1-15(2,13(19)17-8-9-21-3)14(20)18-10-11-6-4-5-7-12(11)16/h4-7H,8-10H2,1-3H3,(H,17,19)(H,18,20). The molecule has 1 rings (SSSR count). The lowest BCUT2D eigenvalue weighted by Crippen LogP contribution is -2.48. The molecule has 6 heteroatoms. The van der Waals surface area contributed by atoms with Crippen LogP contribution in [0.15, 0.2) is 24.3 Å². The second kappa shape index (κ2) is 7.73. The molecule has 21 heavy (non-hydrogen) atoms. The van der Waals surface area contributed by atoms with E-state index in [1.54, 1.807) is 18.2 Å². The van der Waals surface area contributed by atoms with E-state index in [1.807, 2.05) is 0 Å². The molecule has 1 aromatic carbocycles. The lowest BCUT2D eigenvalue weighted by molar-refractivity contribution is -0.141. The van der Waals surface area contributed by atoms with E-state index in [4.69, 9.17) is 4.74 Å². The van der Waals surface area contributed by atoms with Crippen molar-refractivity contribution >= 4 is 11.8 Å². The summed E-state index contributed by atoms with van der Waals surface area (Å²) < 4.78 is 18.3. The first kappa shape index (κ1) is 17.1. The second-order valence-corrected chi connectivity index (χ2v) is 5.15. The lowest BCUT2D eigenvalue weighted by atomic mass is 9.91. The minimum atomic E-state index is -1.24. The largest absolute Gasteiger partial charge is 0.383 e. The molecule has 0 saturated carbocycles. The van der Waals surface area contributed by atoms with Crippen LogP contribution < -0.4 is 10.6 Å². The highest BCUT2D eigenvalue weighted by Gasteiger charge is 2.35. The van der Waals surface area contributed by atoms with Gasteiger partial charge in [-0.15, -0.1) is 0 Å². The molecule has 0 atom stereocenters. The molecule has 0 aliphatic heterocycles. The third kappa shape index (κ3) is 4.82. The molecule has 0 saturated heterocycles. The number of carbonyl (C=O) groups excluding carboxylic acids is 2. The normalized spacial score (nSPS) is 11.0. The third-order valence-corrected chi connectivity index (χ3v) is 3.12. The van der Waals surface area contributed by atoms with Gasteiger partial charge in [-0.1, -0.05) is 18.2 Å². The van der Waals surface area contributed by atoms with Crippen LogP contribution in [0.2, 0.25) is 0 Å². The summed E-state index contributed by atoms with van der Waals surface area (Å²) in [4.78, 5) is 24.1. The Kier molecular flexibility index (Phi) is 6.30. The molecule has 0 unspecified atom stereocenters. The third-order valence-electron chi connectivity index (χ3n) is 3.12. The van der Waals surface area contributed by atoms with Crippen molar-refractivity contribution in [2.45, 2.75) is 20.4 Å². The molecule has 0 aliphatic carbocycles. The van der Waals surface area contributed by atoms with Crippen molar-refractivity contribution in [3.63, 3.8) is 0 Å². The Morgan fingerprint density at radius 1 is 1.19 bits per heavy atom. The van der Waals surface area contributed by atoms with Gasteiger partial charge in [0, 0.05) is 25.8 Å². The molecule has 0 fully saturated rings. The van der Waals surface area contributed by atoms with E-state index in [0.717, 1.165) is 0 Å². The first-order valence-corrected chi connectivity index (χ1v) is 6.68. The summed E-state index contributed by atoms with van der Waals surface area (Å²) in [5, 5.41) is 5.20. The SMILES string of the molecule is COCCNC(=O)C(C)(C)C(=O)NCc1ccccc1F. The van der Waals surface area contributed by atoms with E-state index in [2.05, 4.69) is 10.6 Å². The van der Waals surface area contributed by atoms with Crippen LogP contribution in [-0.2, 0) is 20.9 Å². The first-order valence-electron chi connectivity index (χ1n) is 6.68. The summed E-state index contributed by atoms with van der Waals surface area (Å²) in [6, 6.07) is 6.17. The number of rotatable bonds is 7. The van der Waals surface area contributed by atoms with Crippen molar-refractivity contribution in [2.75, 3.05) is 20.3 Å². The van der Waals surface area contributed by atoms with Crippen LogP contribution in [0.25, 0.3) is 0 Å². The molecule has 5 nitrogen and oxygen atoms in total. The van der Waals surface area contributed by atoms with E-state index >= 15 is 0 Å². The molecular formula is C15H21FN2O3.